The van der Waals surface area contributed by atoms with Crippen molar-refractivity contribution in [2.75, 3.05) is 30.0 Å². The van der Waals surface area contributed by atoms with Crippen LogP contribution in [0, 0.1) is 0 Å². The van der Waals surface area contributed by atoms with Gasteiger partial charge < -0.3 is 14.8 Å². The zero-order valence-corrected chi connectivity index (χ0v) is 16.6. The van der Waals surface area contributed by atoms with E-state index < -0.39 is 0 Å². The van der Waals surface area contributed by atoms with Crippen LogP contribution in [0.25, 0.3) is 11.3 Å². The van der Waals surface area contributed by atoms with E-state index in [1.54, 1.807) is 23.7 Å². The lowest BCUT2D eigenvalue weighted by atomic mass is 10.1. The van der Waals surface area contributed by atoms with Crippen LogP contribution in [0.5, 0.6) is 11.5 Å². The fourth-order valence-electron chi connectivity index (χ4n) is 3.07. The Morgan fingerprint density at radius 2 is 2.17 bits per heavy atom. The van der Waals surface area contributed by atoms with Gasteiger partial charge in [-0.1, -0.05) is 12.1 Å². The topological polar surface area (TPSA) is 80.8 Å². The molecule has 0 saturated heterocycles. The largest absolute Gasteiger partial charge is 0.492 e. The van der Waals surface area contributed by atoms with Crippen molar-refractivity contribution in [3.63, 3.8) is 0 Å². The van der Waals surface area contributed by atoms with Gasteiger partial charge in [0, 0.05) is 10.9 Å². The van der Waals surface area contributed by atoms with Crippen molar-refractivity contribution in [1.29, 1.82) is 0 Å². The summed E-state index contributed by atoms with van der Waals surface area (Å²) in [6.07, 6.45) is 0. The molecular formula is C21H19N3O4S. The quantitative estimate of drug-likeness (QED) is 0.673. The Bertz CT molecular complexity index is 1040. The van der Waals surface area contributed by atoms with Gasteiger partial charge in [-0.2, -0.15) is 0 Å². The Morgan fingerprint density at radius 3 is 2.97 bits per heavy atom. The van der Waals surface area contributed by atoms with E-state index in [0.717, 1.165) is 11.3 Å². The molecule has 2 amide bonds. The predicted molar refractivity (Wildman–Crippen MR) is 112 cm³/mol. The second-order valence-corrected chi connectivity index (χ2v) is 7.02. The van der Waals surface area contributed by atoms with E-state index in [9.17, 15) is 9.59 Å². The molecule has 148 valence electrons. The second kappa shape index (κ2) is 8.32. The van der Waals surface area contributed by atoms with Crippen LogP contribution in [0.15, 0.2) is 53.4 Å². The third-order valence-corrected chi connectivity index (χ3v) is 4.98. The minimum atomic E-state index is -0.322. The van der Waals surface area contributed by atoms with E-state index in [0.29, 0.717) is 29.5 Å². The van der Waals surface area contributed by atoms with Crippen molar-refractivity contribution in [3.8, 4) is 22.8 Å². The third kappa shape index (κ3) is 4.07. The van der Waals surface area contributed by atoms with E-state index >= 15 is 0 Å². The SMILES string of the molecule is CCOc1ccccc1NC(=O)CN1C(=O)COc2ccc(-c3cscn3)cc21. The van der Waals surface area contributed by atoms with E-state index in [1.165, 1.54) is 16.2 Å². The number of thiazole rings is 1. The lowest BCUT2D eigenvalue weighted by molar-refractivity contribution is -0.123. The van der Waals surface area contributed by atoms with Crippen molar-refractivity contribution in [2.24, 2.45) is 0 Å². The molecular weight excluding hydrogens is 390 g/mol. The van der Waals surface area contributed by atoms with Gasteiger partial charge in [-0.05, 0) is 37.3 Å². The molecule has 1 aliphatic heterocycles. The maximum Gasteiger partial charge on any atom is 0.265 e. The van der Waals surface area contributed by atoms with Gasteiger partial charge in [0.25, 0.3) is 5.91 Å². The summed E-state index contributed by atoms with van der Waals surface area (Å²) in [6, 6.07) is 12.7. The fourth-order valence-corrected chi connectivity index (χ4v) is 3.64. The van der Waals surface area contributed by atoms with Crippen LogP contribution >= 0.6 is 11.3 Å². The molecule has 0 bridgehead atoms. The summed E-state index contributed by atoms with van der Waals surface area (Å²) in [5.74, 6) is 0.549. The van der Waals surface area contributed by atoms with Crippen molar-refractivity contribution in [1.82, 2.24) is 4.98 Å². The molecule has 1 aromatic heterocycles. The monoisotopic (exact) mass is 409 g/mol. The van der Waals surface area contributed by atoms with Gasteiger partial charge in [-0.3, -0.25) is 14.5 Å². The summed E-state index contributed by atoms with van der Waals surface area (Å²) < 4.78 is 11.1. The molecule has 4 rings (SSSR count). The van der Waals surface area contributed by atoms with Gasteiger partial charge in [-0.25, -0.2) is 4.98 Å². The Balaban J connectivity index is 1.57. The normalized spacial score (nSPS) is 12.9. The number of ether oxygens (including phenoxy) is 2. The third-order valence-electron chi connectivity index (χ3n) is 4.39. The first-order valence-electron chi connectivity index (χ1n) is 9.13. The summed E-state index contributed by atoms with van der Waals surface area (Å²) >= 11 is 1.49. The number of nitrogens with zero attached hydrogens (tertiary/aromatic N) is 2. The molecule has 0 aliphatic carbocycles. The number of benzene rings is 2. The molecule has 29 heavy (non-hydrogen) atoms. The highest BCUT2D eigenvalue weighted by atomic mass is 32.1. The minimum Gasteiger partial charge on any atom is -0.492 e. The van der Waals surface area contributed by atoms with Gasteiger partial charge in [0.2, 0.25) is 5.91 Å². The van der Waals surface area contributed by atoms with Gasteiger partial charge >= 0.3 is 0 Å². The summed E-state index contributed by atoms with van der Waals surface area (Å²) in [7, 11) is 0. The van der Waals surface area contributed by atoms with Crippen molar-refractivity contribution in [2.45, 2.75) is 6.92 Å². The number of nitrogens with one attached hydrogen (secondary N) is 1. The molecule has 3 aromatic rings. The lowest BCUT2D eigenvalue weighted by Gasteiger charge is -2.29. The Morgan fingerprint density at radius 1 is 1.31 bits per heavy atom. The fraction of sp³-hybridized carbons (Fsp3) is 0.190. The lowest BCUT2D eigenvalue weighted by Crippen LogP contribution is -2.43. The van der Waals surface area contributed by atoms with Crippen molar-refractivity contribution < 1.29 is 19.1 Å². The summed E-state index contributed by atoms with van der Waals surface area (Å²) in [5.41, 5.74) is 4.54. The molecule has 0 atom stereocenters. The molecule has 2 aromatic carbocycles. The molecule has 0 unspecified atom stereocenters. The van der Waals surface area contributed by atoms with Gasteiger partial charge in [-0.15, -0.1) is 11.3 Å². The minimum absolute atomic E-state index is 0.105. The van der Waals surface area contributed by atoms with Crippen LogP contribution in [0.4, 0.5) is 11.4 Å². The van der Waals surface area contributed by atoms with Crippen LogP contribution in [0.1, 0.15) is 6.92 Å². The average Bonchev–Trinajstić information content (AvgIpc) is 3.26. The standard InChI is InChI=1S/C21H19N3O4S/c1-2-27-18-6-4-3-5-15(18)23-20(25)10-24-17-9-14(16-12-29-13-22-16)7-8-19(17)28-11-21(24)26/h3-9,12-13H,2,10-11H2,1H3,(H,23,25). The number of fused-ring (bicyclic) bond motifs is 1. The molecule has 1 N–H and O–H groups in total. The zero-order chi connectivity index (χ0) is 20.2. The van der Waals surface area contributed by atoms with Crippen LogP contribution in [-0.2, 0) is 9.59 Å². The first kappa shape index (κ1) is 18.9. The van der Waals surface area contributed by atoms with E-state index in [4.69, 9.17) is 9.47 Å². The van der Waals surface area contributed by atoms with Gasteiger partial charge in [0.05, 0.1) is 29.2 Å². The molecule has 0 spiro atoms. The maximum atomic E-state index is 12.7. The Kier molecular flexibility index (Phi) is 5.44. The number of amides is 2. The smallest absolute Gasteiger partial charge is 0.265 e. The van der Waals surface area contributed by atoms with Crippen molar-refractivity contribution >= 4 is 34.5 Å². The van der Waals surface area contributed by atoms with Crippen LogP contribution in [0.2, 0.25) is 0 Å². The number of hydrogen-bond donors (Lipinski definition) is 1. The van der Waals surface area contributed by atoms with E-state index in [-0.39, 0.29) is 25.0 Å². The number of carbonyl (C=O) groups excluding carboxylic acids is 2. The zero-order valence-electron chi connectivity index (χ0n) is 15.8. The summed E-state index contributed by atoms with van der Waals surface area (Å²) in [6.45, 7) is 2.13. The first-order valence-corrected chi connectivity index (χ1v) is 10.1. The number of aromatic nitrogens is 1. The number of anilines is 2. The van der Waals surface area contributed by atoms with Crippen LogP contribution in [-0.4, -0.2) is 36.6 Å². The molecule has 0 radical (unpaired) electrons. The first-order chi connectivity index (χ1) is 14.2. The van der Waals surface area contributed by atoms with Gasteiger partial charge in [0.1, 0.15) is 18.0 Å². The van der Waals surface area contributed by atoms with Crippen molar-refractivity contribution in [3.05, 3.63) is 53.4 Å². The Labute approximate surface area is 171 Å². The molecule has 1 aliphatic rings. The maximum absolute atomic E-state index is 12.7. The number of para-hydroxylation sites is 2. The van der Waals surface area contributed by atoms with Gasteiger partial charge in [0.15, 0.2) is 6.61 Å². The number of carbonyl (C=O) groups is 2. The summed E-state index contributed by atoms with van der Waals surface area (Å²) in [4.78, 5) is 30.9. The molecule has 0 saturated carbocycles. The molecule has 0 fully saturated rings. The highest BCUT2D eigenvalue weighted by Crippen LogP contribution is 2.36. The van der Waals surface area contributed by atoms with E-state index in [2.05, 4.69) is 10.3 Å². The highest BCUT2D eigenvalue weighted by Gasteiger charge is 2.28. The van der Waals surface area contributed by atoms with Crippen LogP contribution in [0.3, 0.4) is 0 Å². The van der Waals surface area contributed by atoms with Crippen LogP contribution < -0.4 is 19.7 Å². The number of hydrogen-bond acceptors (Lipinski definition) is 6. The second-order valence-electron chi connectivity index (χ2n) is 6.30. The molecule has 7 nitrogen and oxygen atoms in total. The molecule has 2 heterocycles. The predicted octanol–water partition coefficient (Wildman–Crippen LogP) is 3.57. The molecule has 8 heteroatoms. The highest BCUT2D eigenvalue weighted by molar-refractivity contribution is 7.07. The summed E-state index contributed by atoms with van der Waals surface area (Å²) in [5, 5.41) is 4.75. The average molecular weight is 409 g/mol. The number of rotatable bonds is 6. The Hall–Kier alpha value is -3.39. The van der Waals surface area contributed by atoms with E-state index in [1.807, 2.05) is 36.6 Å².